The first-order valence-corrected chi connectivity index (χ1v) is 17.5. The van der Waals surface area contributed by atoms with Crippen molar-refractivity contribution in [3.8, 4) is 17.5 Å². The molecule has 2 aromatic heterocycles. The number of anilines is 1. The summed E-state index contributed by atoms with van der Waals surface area (Å²) in [6, 6.07) is 13.7. The van der Waals surface area contributed by atoms with E-state index in [0.717, 1.165) is 9.47 Å². The van der Waals surface area contributed by atoms with Gasteiger partial charge in [0.25, 0.3) is 16.7 Å². The van der Waals surface area contributed by atoms with E-state index in [-0.39, 0.29) is 56.4 Å². The molecule has 6 rings (SSSR count). The van der Waals surface area contributed by atoms with E-state index < -0.39 is 40.8 Å². The molecule has 0 spiro atoms. The summed E-state index contributed by atoms with van der Waals surface area (Å²) < 4.78 is 20.1. The maximum atomic E-state index is 13.4. The van der Waals surface area contributed by atoms with Crippen LogP contribution >= 0.6 is 46.6 Å². The Kier molecular flexibility index (Phi) is 10.9. The van der Waals surface area contributed by atoms with Crippen LogP contribution in [0.2, 0.25) is 15.1 Å². The van der Waals surface area contributed by atoms with Crippen LogP contribution in [0.25, 0.3) is 17.2 Å². The van der Waals surface area contributed by atoms with Gasteiger partial charge in [0, 0.05) is 29.8 Å². The van der Waals surface area contributed by atoms with Crippen LogP contribution in [-0.2, 0) is 35.0 Å². The van der Waals surface area contributed by atoms with E-state index in [1.807, 2.05) is 0 Å². The van der Waals surface area contributed by atoms with Crippen molar-refractivity contribution in [1.82, 2.24) is 23.6 Å². The van der Waals surface area contributed by atoms with Crippen molar-refractivity contribution in [2.75, 3.05) is 26.1 Å². The number of thioether (sulfide) groups is 1. The highest BCUT2D eigenvalue weighted by atomic mass is 35.5. The molecular weight excluding hydrogens is 787 g/mol. The van der Waals surface area contributed by atoms with Crippen molar-refractivity contribution in [2.45, 2.75) is 6.54 Å². The number of fused-ring (bicyclic) bond motifs is 1. The molecule has 1 aliphatic heterocycles. The molecule has 0 bridgehead atoms. The van der Waals surface area contributed by atoms with Crippen LogP contribution in [0.15, 0.2) is 69.1 Å². The van der Waals surface area contributed by atoms with Crippen LogP contribution in [0.4, 0.5) is 10.5 Å². The number of nitrogens with zero attached hydrogens (tertiary/aromatic N) is 5. The summed E-state index contributed by atoms with van der Waals surface area (Å²) in [5.41, 5.74) is 0.232. The first kappa shape index (κ1) is 38.2. The highest BCUT2D eigenvalue weighted by Crippen LogP contribution is 2.37. The van der Waals surface area contributed by atoms with Crippen LogP contribution in [0.1, 0.15) is 21.5 Å². The molecule has 54 heavy (non-hydrogen) atoms. The SMILES string of the molecule is COC(=O)c1cc(NC(=O)CN2C(=O)SC(=Cc3ccc(Oc4nc5c(c(=O)n(C)c(=O)n5C)n4Cc4ccc(Cl)cc4Cl)c(OC)c3)C2=O)ccc1Cl. The van der Waals surface area contributed by atoms with Crippen LogP contribution in [0, 0.1) is 0 Å². The molecule has 0 atom stereocenters. The number of methoxy groups -OCH3 is 2. The van der Waals surface area contributed by atoms with Gasteiger partial charge >= 0.3 is 17.7 Å². The third-order valence-corrected chi connectivity index (χ3v) is 10.00. The second kappa shape index (κ2) is 15.4. The summed E-state index contributed by atoms with van der Waals surface area (Å²) in [6.07, 6.45) is 1.45. The van der Waals surface area contributed by atoms with Gasteiger partial charge in [-0.1, -0.05) is 46.9 Å². The van der Waals surface area contributed by atoms with Crippen molar-refractivity contribution in [1.29, 1.82) is 0 Å². The summed E-state index contributed by atoms with van der Waals surface area (Å²) >= 11 is 19.3. The quantitative estimate of drug-likeness (QED) is 0.135. The first-order valence-electron chi connectivity index (χ1n) is 15.6. The summed E-state index contributed by atoms with van der Waals surface area (Å²) in [4.78, 5) is 82.2. The number of imide groups is 1. The van der Waals surface area contributed by atoms with Gasteiger partial charge in [0.2, 0.25) is 5.91 Å². The van der Waals surface area contributed by atoms with Gasteiger partial charge in [0.15, 0.2) is 22.7 Å². The molecule has 0 aliphatic carbocycles. The fourth-order valence-electron chi connectivity index (χ4n) is 5.43. The molecule has 278 valence electrons. The Morgan fingerprint density at radius 2 is 1.67 bits per heavy atom. The third kappa shape index (κ3) is 7.45. The van der Waals surface area contributed by atoms with Crippen molar-refractivity contribution in [2.24, 2.45) is 14.1 Å². The number of nitrogens with one attached hydrogen (secondary N) is 1. The number of halogens is 3. The largest absolute Gasteiger partial charge is 0.493 e. The van der Waals surface area contributed by atoms with E-state index >= 15 is 0 Å². The first-order chi connectivity index (χ1) is 25.7. The van der Waals surface area contributed by atoms with Gasteiger partial charge in [-0.2, -0.15) is 4.98 Å². The van der Waals surface area contributed by atoms with Crippen LogP contribution in [0.5, 0.6) is 17.5 Å². The molecule has 3 heterocycles. The summed E-state index contributed by atoms with van der Waals surface area (Å²) in [5.74, 6) is -1.74. The third-order valence-electron chi connectivity index (χ3n) is 8.17. The summed E-state index contributed by atoms with van der Waals surface area (Å²) in [5, 5.41) is 2.74. The van der Waals surface area contributed by atoms with Gasteiger partial charge in [-0.05, 0) is 71.4 Å². The lowest BCUT2D eigenvalue weighted by atomic mass is 10.2. The zero-order valence-electron chi connectivity index (χ0n) is 28.6. The topological polar surface area (TPSA) is 173 Å². The summed E-state index contributed by atoms with van der Waals surface area (Å²) in [6.45, 7) is -0.566. The maximum absolute atomic E-state index is 13.4. The monoisotopic (exact) mass is 812 g/mol. The number of benzene rings is 3. The molecular formula is C35H27Cl3N6O9S. The number of hydrogen-bond acceptors (Lipinski definition) is 11. The van der Waals surface area contributed by atoms with E-state index in [9.17, 15) is 28.8 Å². The zero-order valence-corrected chi connectivity index (χ0v) is 31.7. The van der Waals surface area contributed by atoms with E-state index in [4.69, 9.17) is 44.3 Å². The van der Waals surface area contributed by atoms with Gasteiger partial charge in [-0.15, -0.1) is 0 Å². The molecule has 1 fully saturated rings. The number of carbonyl (C=O) groups is 4. The molecule has 1 saturated heterocycles. The number of aryl methyl sites for hydroxylation is 1. The molecule has 5 aromatic rings. The fraction of sp³-hybridized carbons (Fsp3) is 0.171. The van der Waals surface area contributed by atoms with Crippen LogP contribution < -0.4 is 26.0 Å². The second-order valence-electron chi connectivity index (χ2n) is 11.6. The van der Waals surface area contributed by atoms with E-state index in [0.29, 0.717) is 32.9 Å². The Morgan fingerprint density at radius 3 is 2.37 bits per heavy atom. The molecule has 15 nitrogen and oxygen atoms in total. The van der Waals surface area contributed by atoms with Gasteiger partial charge < -0.3 is 19.5 Å². The number of carbonyl (C=O) groups excluding carboxylic acids is 4. The zero-order chi connectivity index (χ0) is 39.0. The smallest absolute Gasteiger partial charge is 0.339 e. The Morgan fingerprint density at radius 1 is 0.907 bits per heavy atom. The Hall–Kier alpha value is -5.55. The molecule has 1 aliphatic rings. The van der Waals surface area contributed by atoms with Gasteiger partial charge in [-0.3, -0.25) is 37.8 Å². The highest BCUT2D eigenvalue weighted by molar-refractivity contribution is 8.18. The second-order valence-corrected chi connectivity index (χ2v) is 13.9. The number of rotatable bonds is 10. The minimum Gasteiger partial charge on any atom is -0.493 e. The molecule has 3 aromatic carbocycles. The number of ether oxygens (including phenoxy) is 3. The maximum Gasteiger partial charge on any atom is 0.339 e. The fourth-order valence-corrected chi connectivity index (χ4v) is 6.93. The lowest BCUT2D eigenvalue weighted by Crippen LogP contribution is -2.37. The standard InChI is InChI=1S/C35H27Cl3N6O9S/c1-41-29-28(31(47)42(2)34(41)49)43(15-18-6-7-19(36)13-23(18)38)33(40-29)53-24-10-5-17(11-25(24)51-3)12-26-30(46)44(35(50)54-26)16-27(45)39-20-8-9-22(37)21(14-20)32(48)52-4/h5-14H,15-16H2,1-4H3,(H,39,45). The van der Waals surface area contributed by atoms with Crippen molar-refractivity contribution in [3.63, 3.8) is 0 Å². The predicted molar refractivity (Wildman–Crippen MR) is 203 cm³/mol. The van der Waals surface area contributed by atoms with Gasteiger partial charge in [0.1, 0.15) is 6.54 Å². The van der Waals surface area contributed by atoms with Crippen molar-refractivity contribution < 1.29 is 33.4 Å². The minimum absolute atomic E-state index is 0.0251. The number of aromatic nitrogens is 4. The number of imidazole rings is 1. The molecule has 19 heteroatoms. The van der Waals surface area contributed by atoms with Crippen molar-refractivity contribution >= 4 is 92.5 Å². The predicted octanol–water partition coefficient (Wildman–Crippen LogP) is 5.70. The summed E-state index contributed by atoms with van der Waals surface area (Å²) in [7, 11) is 5.41. The van der Waals surface area contributed by atoms with Gasteiger partial charge in [0.05, 0.1) is 36.3 Å². The number of esters is 1. The van der Waals surface area contributed by atoms with E-state index in [2.05, 4.69) is 15.0 Å². The van der Waals surface area contributed by atoms with Crippen LogP contribution in [-0.4, -0.2) is 67.4 Å². The average Bonchev–Trinajstić information content (AvgIpc) is 3.63. The molecule has 0 saturated carbocycles. The molecule has 0 radical (unpaired) electrons. The van der Waals surface area contributed by atoms with Crippen LogP contribution in [0.3, 0.4) is 0 Å². The normalized spacial score (nSPS) is 13.5. The van der Waals surface area contributed by atoms with E-state index in [1.165, 1.54) is 67.8 Å². The lowest BCUT2D eigenvalue weighted by Gasteiger charge is -2.14. The lowest BCUT2D eigenvalue weighted by molar-refractivity contribution is -0.127. The number of amides is 3. The molecule has 0 unspecified atom stereocenters. The van der Waals surface area contributed by atoms with E-state index in [1.54, 1.807) is 30.3 Å². The van der Waals surface area contributed by atoms with Gasteiger partial charge in [-0.25, -0.2) is 9.59 Å². The number of hydrogen-bond donors (Lipinski definition) is 1. The Labute approximate surface area is 324 Å². The Bertz CT molecular complexity index is 2560. The molecule has 3 amide bonds. The van der Waals surface area contributed by atoms with Crippen molar-refractivity contribution in [3.05, 3.63) is 112 Å². The average molecular weight is 814 g/mol. The molecule has 1 N–H and O–H groups in total. The minimum atomic E-state index is -0.706. The Balaban J connectivity index is 1.25. The highest BCUT2D eigenvalue weighted by Gasteiger charge is 2.36.